The van der Waals surface area contributed by atoms with Crippen LogP contribution in [0, 0.1) is 6.92 Å². The molecule has 0 aromatic heterocycles. The van der Waals surface area contributed by atoms with Crippen molar-refractivity contribution in [2.24, 2.45) is 5.73 Å². The fourth-order valence-corrected chi connectivity index (χ4v) is 2.62. The molecule has 1 aromatic rings. The first-order valence-electron chi connectivity index (χ1n) is 7.44. The van der Waals surface area contributed by atoms with E-state index < -0.39 is 11.9 Å². The molecule has 0 bridgehead atoms. The van der Waals surface area contributed by atoms with Crippen LogP contribution in [0.2, 0.25) is 0 Å². The molecule has 1 heterocycles. The van der Waals surface area contributed by atoms with E-state index in [2.05, 4.69) is 5.32 Å². The van der Waals surface area contributed by atoms with Gasteiger partial charge in [0.15, 0.2) is 0 Å². The van der Waals surface area contributed by atoms with Crippen LogP contribution < -0.4 is 11.1 Å². The Labute approximate surface area is 130 Å². The molecule has 120 valence electrons. The Hall–Kier alpha value is -1.92. The highest BCUT2D eigenvalue weighted by molar-refractivity contribution is 5.83. The second-order valence-electron chi connectivity index (χ2n) is 5.66. The first-order valence-corrected chi connectivity index (χ1v) is 7.44. The van der Waals surface area contributed by atoms with Crippen LogP contribution >= 0.6 is 0 Å². The highest BCUT2D eigenvalue weighted by Crippen LogP contribution is 2.13. The molecule has 3 N–H and O–H groups in total. The number of carbonyl (C=O) groups excluding carboxylic acids is 2. The van der Waals surface area contributed by atoms with Gasteiger partial charge in [-0.3, -0.25) is 14.5 Å². The van der Waals surface area contributed by atoms with Crippen molar-refractivity contribution in [2.75, 3.05) is 19.7 Å². The molecule has 0 unspecified atom stereocenters. The number of amides is 2. The lowest BCUT2D eigenvalue weighted by atomic mass is 10.1. The zero-order valence-corrected chi connectivity index (χ0v) is 13.0. The smallest absolute Gasteiger partial charge is 0.237 e. The van der Waals surface area contributed by atoms with E-state index >= 15 is 0 Å². The van der Waals surface area contributed by atoms with E-state index in [-0.39, 0.29) is 18.6 Å². The number of carbonyl (C=O) groups is 2. The van der Waals surface area contributed by atoms with Crippen LogP contribution in [0.4, 0.5) is 0 Å². The zero-order valence-electron chi connectivity index (χ0n) is 13.0. The summed E-state index contributed by atoms with van der Waals surface area (Å²) in [5, 5.41) is 2.87. The minimum atomic E-state index is -0.557. The summed E-state index contributed by atoms with van der Waals surface area (Å²) in [5.41, 5.74) is 7.64. The summed E-state index contributed by atoms with van der Waals surface area (Å²) in [6.45, 7) is 5.46. The van der Waals surface area contributed by atoms with E-state index in [1.807, 2.05) is 31.2 Å². The molecule has 1 saturated heterocycles. The number of ether oxygens (including phenoxy) is 1. The summed E-state index contributed by atoms with van der Waals surface area (Å²) in [4.78, 5) is 25.4. The molecule has 0 radical (unpaired) electrons. The maximum Gasteiger partial charge on any atom is 0.237 e. The number of hydrogen-bond donors (Lipinski definition) is 2. The third kappa shape index (κ3) is 4.29. The maximum atomic E-state index is 12.1. The predicted octanol–water partition coefficient (Wildman–Crippen LogP) is 0.186. The molecule has 6 nitrogen and oxygen atoms in total. The topological polar surface area (TPSA) is 84.7 Å². The van der Waals surface area contributed by atoms with Crippen molar-refractivity contribution in [1.82, 2.24) is 10.2 Å². The van der Waals surface area contributed by atoms with E-state index in [0.717, 1.165) is 5.56 Å². The molecule has 0 spiro atoms. The number of nitrogens with two attached hydrogens (primary N) is 1. The van der Waals surface area contributed by atoms with Gasteiger partial charge in [-0.1, -0.05) is 29.8 Å². The largest absolute Gasteiger partial charge is 0.375 e. The average molecular weight is 305 g/mol. The lowest BCUT2D eigenvalue weighted by molar-refractivity contribution is -0.139. The fourth-order valence-electron chi connectivity index (χ4n) is 2.62. The van der Waals surface area contributed by atoms with Gasteiger partial charge >= 0.3 is 0 Å². The van der Waals surface area contributed by atoms with E-state index in [9.17, 15) is 9.59 Å². The number of morpholine rings is 1. The number of primary amides is 1. The number of nitrogens with zero attached hydrogens (tertiary/aromatic N) is 1. The Morgan fingerprint density at radius 1 is 1.36 bits per heavy atom. The summed E-state index contributed by atoms with van der Waals surface area (Å²) in [6.07, 6.45) is -0.295. The molecule has 1 aliphatic rings. The van der Waals surface area contributed by atoms with Crippen molar-refractivity contribution < 1.29 is 14.3 Å². The highest BCUT2D eigenvalue weighted by atomic mass is 16.5. The van der Waals surface area contributed by atoms with E-state index in [4.69, 9.17) is 10.5 Å². The Morgan fingerprint density at radius 3 is 2.68 bits per heavy atom. The molecule has 6 heteroatoms. The van der Waals surface area contributed by atoms with Gasteiger partial charge in [-0.15, -0.1) is 0 Å². The SMILES string of the molecule is Cc1ccc(CNC(=O)CN2CCO[C@H](C)[C@H]2C(N)=O)cc1. The highest BCUT2D eigenvalue weighted by Gasteiger charge is 2.34. The molecular formula is C16H23N3O3. The average Bonchev–Trinajstić information content (AvgIpc) is 2.46. The van der Waals surface area contributed by atoms with Gasteiger partial charge in [0.05, 0.1) is 19.3 Å². The molecule has 1 fully saturated rings. The van der Waals surface area contributed by atoms with Crippen molar-refractivity contribution in [2.45, 2.75) is 32.5 Å². The van der Waals surface area contributed by atoms with Gasteiger partial charge in [0.25, 0.3) is 0 Å². The molecule has 0 saturated carbocycles. The number of aryl methyl sites for hydroxylation is 1. The molecule has 2 atom stereocenters. The minimum absolute atomic E-state index is 0.124. The van der Waals surface area contributed by atoms with Crippen molar-refractivity contribution in [1.29, 1.82) is 0 Å². The normalized spacial score (nSPS) is 22.3. The summed E-state index contributed by atoms with van der Waals surface area (Å²) >= 11 is 0. The zero-order chi connectivity index (χ0) is 16.1. The monoisotopic (exact) mass is 305 g/mol. The van der Waals surface area contributed by atoms with Crippen molar-refractivity contribution >= 4 is 11.8 Å². The fraction of sp³-hybridized carbons (Fsp3) is 0.500. The Morgan fingerprint density at radius 2 is 2.05 bits per heavy atom. The summed E-state index contributed by atoms with van der Waals surface area (Å²) in [6, 6.07) is 7.43. The second-order valence-corrected chi connectivity index (χ2v) is 5.66. The van der Waals surface area contributed by atoms with Crippen LogP contribution in [0.15, 0.2) is 24.3 Å². The molecule has 2 amide bonds. The van der Waals surface area contributed by atoms with Crippen LogP contribution in [-0.2, 0) is 20.9 Å². The van der Waals surface area contributed by atoms with Crippen LogP contribution in [0.1, 0.15) is 18.1 Å². The van der Waals surface area contributed by atoms with Crippen molar-refractivity contribution in [3.63, 3.8) is 0 Å². The molecule has 1 aromatic carbocycles. The van der Waals surface area contributed by atoms with Crippen LogP contribution in [0.5, 0.6) is 0 Å². The maximum absolute atomic E-state index is 12.1. The second kappa shape index (κ2) is 7.38. The third-order valence-corrected chi connectivity index (χ3v) is 3.85. The van der Waals surface area contributed by atoms with Crippen LogP contribution in [0.25, 0.3) is 0 Å². The first kappa shape index (κ1) is 16.5. The van der Waals surface area contributed by atoms with E-state index in [1.54, 1.807) is 11.8 Å². The van der Waals surface area contributed by atoms with Crippen LogP contribution in [-0.4, -0.2) is 48.6 Å². The van der Waals surface area contributed by atoms with Crippen molar-refractivity contribution in [3.05, 3.63) is 35.4 Å². The number of nitrogens with one attached hydrogen (secondary N) is 1. The summed E-state index contributed by atoms with van der Waals surface area (Å²) < 4.78 is 5.43. The molecule has 2 rings (SSSR count). The number of rotatable bonds is 5. The lowest BCUT2D eigenvalue weighted by Gasteiger charge is -2.37. The quantitative estimate of drug-likeness (QED) is 0.813. The number of hydrogen-bond acceptors (Lipinski definition) is 4. The summed E-state index contributed by atoms with van der Waals surface area (Å²) in [7, 11) is 0. The van der Waals surface area contributed by atoms with Gasteiger partial charge in [-0.05, 0) is 19.4 Å². The molecule has 1 aliphatic heterocycles. The number of benzene rings is 1. The standard InChI is InChI=1S/C16H23N3O3/c1-11-3-5-13(6-4-11)9-18-14(20)10-19-7-8-22-12(2)15(19)16(17)21/h3-6,12,15H,7-10H2,1-2H3,(H2,17,21)(H,18,20)/t12-,15+/m1/s1. The van der Waals surface area contributed by atoms with Gasteiger partial charge in [0.2, 0.25) is 11.8 Å². The minimum Gasteiger partial charge on any atom is -0.375 e. The van der Waals surface area contributed by atoms with Crippen molar-refractivity contribution in [3.8, 4) is 0 Å². The third-order valence-electron chi connectivity index (χ3n) is 3.85. The van der Waals surface area contributed by atoms with Gasteiger partial charge in [-0.25, -0.2) is 0 Å². The van der Waals surface area contributed by atoms with E-state index in [0.29, 0.717) is 19.7 Å². The first-order chi connectivity index (χ1) is 10.5. The van der Waals surface area contributed by atoms with Crippen LogP contribution in [0.3, 0.4) is 0 Å². The molecule has 22 heavy (non-hydrogen) atoms. The Balaban J connectivity index is 1.87. The van der Waals surface area contributed by atoms with Gasteiger partial charge < -0.3 is 15.8 Å². The Kier molecular flexibility index (Phi) is 5.51. The molecular weight excluding hydrogens is 282 g/mol. The summed E-state index contributed by atoms with van der Waals surface area (Å²) in [5.74, 6) is -0.584. The van der Waals surface area contributed by atoms with Gasteiger partial charge in [0.1, 0.15) is 6.04 Å². The van der Waals surface area contributed by atoms with Gasteiger partial charge in [-0.2, -0.15) is 0 Å². The van der Waals surface area contributed by atoms with Gasteiger partial charge in [0, 0.05) is 13.1 Å². The molecule has 0 aliphatic carbocycles. The van der Waals surface area contributed by atoms with E-state index in [1.165, 1.54) is 5.56 Å². The predicted molar refractivity (Wildman–Crippen MR) is 83.0 cm³/mol. The Bertz CT molecular complexity index is 530. The lowest BCUT2D eigenvalue weighted by Crippen LogP contribution is -2.58.